The quantitative estimate of drug-likeness (QED) is 0.716. The number of nitrogens with zero attached hydrogens (tertiary/aromatic N) is 3. The number of benzene rings is 1. The molecular formula is C16H11ClF3N3O4. The van der Waals surface area contributed by atoms with Gasteiger partial charge in [0.25, 0.3) is 0 Å². The lowest BCUT2D eigenvalue weighted by atomic mass is 10.1. The van der Waals surface area contributed by atoms with Crippen LogP contribution in [0.4, 0.5) is 13.2 Å². The van der Waals surface area contributed by atoms with Gasteiger partial charge in [-0.1, -0.05) is 11.6 Å². The molecule has 0 radical (unpaired) electrons. The average molecular weight is 402 g/mol. The normalized spacial score (nSPS) is 11.6. The predicted molar refractivity (Wildman–Crippen MR) is 88.5 cm³/mol. The first-order chi connectivity index (χ1) is 12.7. The molecule has 1 aromatic carbocycles. The average Bonchev–Trinajstić information content (AvgIpc) is 2.96. The number of aromatic carboxylic acids is 1. The van der Waals surface area contributed by atoms with Gasteiger partial charge in [-0.15, -0.1) is 0 Å². The zero-order valence-electron chi connectivity index (χ0n) is 13.8. The fourth-order valence-electron chi connectivity index (χ4n) is 2.47. The van der Waals surface area contributed by atoms with Gasteiger partial charge in [0, 0.05) is 5.56 Å². The molecule has 27 heavy (non-hydrogen) atoms. The number of carboxylic acid groups (broad SMARTS) is 1. The molecule has 142 valence electrons. The van der Waals surface area contributed by atoms with Crippen molar-refractivity contribution in [1.29, 1.82) is 0 Å². The second-order valence-electron chi connectivity index (χ2n) is 5.30. The highest BCUT2D eigenvalue weighted by atomic mass is 35.5. The van der Waals surface area contributed by atoms with Crippen molar-refractivity contribution in [1.82, 2.24) is 14.6 Å². The molecule has 0 saturated heterocycles. The summed E-state index contributed by atoms with van der Waals surface area (Å²) in [5.74, 6) is -0.892. The minimum absolute atomic E-state index is 0.0884. The first kappa shape index (κ1) is 18.8. The van der Waals surface area contributed by atoms with Gasteiger partial charge in [0.05, 0.1) is 19.9 Å². The van der Waals surface area contributed by atoms with Crippen LogP contribution in [0.5, 0.6) is 11.5 Å². The molecular weight excluding hydrogens is 391 g/mol. The van der Waals surface area contributed by atoms with Gasteiger partial charge in [0.1, 0.15) is 5.02 Å². The number of carbonyl (C=O) groups is 1. The summed E-state index contributed by atoms with van der Waals surface area (Å²) >= 11 is 5.90. The van der Waals surface area contributed by atoms with Crippen molar-refractivity contribution in [2.45, 2.75) is 6.18 Å². The molecule has 0 atom stereocenters. The van der Waals surface area contributed by atoms with Crippen molar-refractivity contribution >= 4 is 23.2 Å². The van der Waals surface area contributed by atoms with E-state index >= 15 is 0 Å². The van der Waals surface area contributed by atoms with Crippen molar-refractivity contribution in [3.05, 3.63) is 40.7 Å². The second kappa shape index (κ2) is 6.62. The third kappa shape index (κ3) is 3.23. The number of ether oxygens (including phenoxy) is 2. The minimum Gasteiger partial charge on any atom is -0.493 e. The molecule has 1 N–H and O–H groups in total. The fraction of sp³-hybridized carbons (Fsp3) is 0.188. The molecule has 0 fully saturated rings. The number of methoxy groups -OCH3 is 2. The van der Waals surface area contributed by atoms with Crippen LogP contribution in [0.1, 0.15) is 16.2 Å². The maximum absolute atomic E-state index is 13.5. The van der Waals surface area contributed by atoms with Crippen LogP contribution in [-0.4, -0.2) is 39.9 Å². The molecule has 0 spiro atoms. The van der Waals surface area contributed by atoms with Crippen LogP contribution < -0.4 is 9.47 Å². The number of carboxylic acids is 1. The van der Waals surface area contributed by atoms with Crippen molar-refractivity contribution < 1.29 is 32.5 Å². The van der Waals surface area contributed by atoms with E-state index in [1.165, 1.54) is 32.4 Å². The van der Waals surface area contributed by atoms with Crippen LogP contribution in [0, 0.1) is 0 Å². The van der Waals surface area contributed by atoms with Gasteiger partial charge in [0.15, 0.2) is 28.5 Å². The third-order valence-corrected chi connectivity index (χ3v) is 4.05. The molecule has 2 aromatic heterocycles. The third-order valence-electron chi connectivity index (χ3n) is 3.71. The van der Waals surface area contributed by atoms with E-state index < -0.39 is 34.2 Å². The number of alkyl halides is 3. The molecule has 2 heterocycles. The van der Waals surface area contributed by atoms with E-state index in [1.807, 2.05) is 0 Å². The van der Waals surface area contributed by atoms with Crippen LogP contribution in [0.3, 0.4) is 0 Å². The summed E-state index contributed by atoms with van der Waals surface area (Å²) in [6.07, 6.45) is -4.82. The number of hydrogen-bond acceptors (Lipinski definition) is 5. The van der Waals surface area contributed by atoms with Crippen LogP contribution in [0.25, 0.3) is 16.9 Å². The van der Waals surface area contributed by atoms with Crippen molar-refractivity contribution in [2.24, 2.45) is 0 Å². The molecule has 11 heteroatoms. The van der Waals surface area contributed by atoms with Crippen molar-refractivity contribution in [2.75, 3.05) is 14.2 Å². The van der Waals surface area contributed by atoms with E-state index in [2.05, 4.69) is 10.1 Å². The van der Waals surface area contributed by atoms with Crippen LogP contribution >= 0.6 is 11.6 Å². The highest BCUT2D eigenvalue weighted by Crippen LogP contribution is 2.36. The summed E-state index contributed by atoms with van der Waals surface area (Å²) in [5.41, 5.74) is -2.16. The lowest BCUT2D eigenvalue weighted by Gasteiger charge is -2.12. The summed E-state index contributed by atoms with van der Waals surface area (Å²) in [4.78, 5) is 15.2. The SMILES string of the molecule is COc1ccc(-c2cc(C(F)(F)F)n3nc(C(=O)O)c(Cl)c3n2)cc1OC. The Hall–Kier alpha value is -3.01. The molecule has 0 bridgehead atoms. The molecule has 0 aliphatic heterocycles. The lowest BCUT2D eigenvalue weighted by Crippen LogP contribution is -2.14. The Bertz CT molecular complexity index is 1050. The maximum atomic E-state index is 13.5. The Balaban J connectivity index is 2.32. The highest BCUT2D eigenvalue weighted by molar-refractivity contribution is 6.36. The van der Waals surface area contributed by atoms with E-state index in [9.17, 15) is 18.0 Å². The molecule has 3 rings (SSSR count). The first-order valence-electron chi connectivity index (χ1n) is 7.29. The fourth-order valence-corrected chi connectivity index (χ4v) is 2.71. The Morgan fingerprint density at radius 2 is 1.85 bits per heavy atom. The maximum Gasteiger partial charge on any atom is 0.433 e. The second-order valence-corrected chi connectivity index (χ2v) is 5.68. The van der Waals surface area contributed by atoms with E-state index in [0.717, 1.165) is 6.07 Å². The number of rotatable bonds is 4. The minimum atomic E-state index is -4.82. The topological polar surface area (TPSA) is 86.0 Å². The Labute approximate surface area is 154 Å². The Kier molecular flexibility index (Phi) is 4.60. The summed E-state index contributed by atoms with van der Waals surface area (Å²) in [6.45, 7) is 0. The molecule has 3 aromatic rings. The van der Waals surface area contributed by atoms with E-state index in [1.54, 1.807) is 0 Å². The molecule has 0 unspecified atom stereocenters. The molecule has 7 nitrogen and oxygen atoms in total. The van der Waals surface area contributed by atoms with Crippen molar-refractivity contribution in [3.63, 3.8) is 0 Å². The van der Waals surface area contributed by atoms with Crippen molar-refractivity contribution in [3.8, 4) is 22.8 Å². The van der Waals surface area contributed by atoms with Gasteiger partial charge >= 0.3 is 12.1 Å². The van der Waals surface area contributed by atoms with Gasteiger partial charge in [0.2, 0.25) is 0 Å². The first-order valence-corrected chi connectivity index (χ1v) is 7.67. The standard InChI is InChI=1S/C16H11ClF3N3O4/c1-26-9-4-3-7(5-10(9)27-2)8-6-11(16(18,19)20)23-14(21-8)12(17)13(22-23)15(24)25/h3-6H,1-2H3,(H,24,25). The van der Waals surface area contributed by atoms with Gasteiger partial charge in [-0.3, -0.25) is 0 Å². The van der Waals surface area contributed by atoms with Crippen LogP contribution in [0.15, 0.2) is 24.3 Å². The van der Waals surface area contributed by atoms with Gasteiger partial charge in [-0.05, 0) is 24.3 Å². The van der Waals surface area contributed by atoms with E-state index in [4.69, 9.17) is 26.2 Å². The zero-order valence-corrected chi connectivity index (χ0v) is 14.6. The summed E-state index contributed by atoms with van der Waals surface area (Å²) in [6, 6.07) is 5.19. The number of halogens is 4. The summed E-state index contributed by atoms with van der Waals surface area (Å²) < 4.78 is 51.1. The largest absolute Gasteiger partial charge is 0.493 e. The monoisotopic (exact) mass is 401 g/mol. The number of fused-ring (bicyclic) bond motifs is 1. The smallest absolute Gasteiger partial charge is 0.433 e. The number of aromatic nitrogens is 3. The highest BCUT2D eigenvalue weighted by Gasteiger charge is 2.36. The lowest BCUT2D eigenvalue weighted by molar-refractivity contribution is -0.142. The summed E-state index contributed by atoms with van der Waals surface area (Å²) in [7, 11) is 2.80. The molecule has 0 amide bonds. The Morgan fingerprint density at radius 3 is 2.41 bits per heavy atom. The van der Waals surface area contributed by atoms with Gasteiger partial charge in [-0.2, -0.15) is 18.3 Å². The van der Waals surface area contributed by atoms with E-state index in [0.29, 0.717) is 10.3 Å². The molecule has 0 aliphatic carbocycles. The van der Waals surface area contributed by atoms with Crippen LogP contribution in [-0.2, 0) is 6.18 Å². The Morgan fingerprint density at radius 1 is 1.19 bits per heavy atom. The molecule has 0 saturated carbocycles. The molecule has 0 aliphatic rings. The predicted octanol–water partition coefficient (Wildman–Crippen LogP) is 3.78. The van der Waals surface area contributed by atoms with Crippen LogP contribution in [0.2, 0.25) is 5.02 Å². The zero-order chi connectivity index (χ0) is 19.9. The van der Waals surface area contributed by atoms with Gasteiger partial charge < -0.3 is 14.6 Å². The van der Waals surface area contributed by atoms with E-state index in [-0.39, 0.29) is 17.0 Å². The van der Waals surface area contributed by atoms with Gasteiger partial charge in [-0.25, -0.2) is 14.3 Å². The number of hydrogen-bond donors (Lipinski definition) is 1. The summed E-state index contributed by atoms with van der Waals surface area (Å²) in [5, 5.41) is 12.0.